The van der Waals surface area contributed by atoms with Gasteiger partial charge in [-0.15, -0.1) is 11.3 Å². The van der Waals surface area contributed by atoms with Crippen LogP contribution in [0.2, 0.25) is 0 Å². The molecule has 1 saturated heterocycles. The minimum absolute atomic E-state index is 0.106. The summed E-state index contributed by atoms with van der Waals surface area (Å²) in [6.07, 6.45) is 7.14. The molecular formula is C23H29N5OS. The zero-order valence-corrected chi connectivity index (χ0v) is 18.6. The third-order valence-corrected chi connectivity index (χ3v) is 7.39. The fraction of sp³-hybridized carbons (Fsp3) is 0.522. The van der Waals surface area contributed by atoms with Crippen LogP contribution < -0.4 is 0 Å². The number of piperazine rings is 1. The Morgan fingerprint density at radius 3 is 2.60 bits per heavy atom. The van der Waals surface area contributed by atoms with E-state index in [-0.39, 0.29) is 11.9 Å². The van der Waals surface area contributed by atoms with E-state index >= 15 is 0 Å². The van der Waals surface area contributed by atoms with E-state index in [1.54, 1.807) is 11.3 Å². The van der Waals surface area contributed by atoms with E-state index in [1.165, 1.54) is 25.7 Å². The summed E-state index contributed by atoms with van der Waals surface area (Å²) >= 11 is 1.65. The molecule has 2 fully saturated rings. The average molecular weight is 424 g/mol. The van der Waals surface area contributed by atoms with E-state index in [4.69, 9.17) is 4.98 Å². The molecule has 3 aromatic rings. The van der Waals surface area contributed by atoms with Crippen LogP contribution >= 0.6 is 11.3 Å². The van der Waals surface area contributed by atoms with Crippen molar-refractivity contribution in [3.8, 4) is 10.6 Å². The van der Waals surface area contributed by atoms with Crippen molar-refractivity contribution in [1.82, 2.24) is 24.6 Å². The summed E-state index contributed by atoms with van der Waals surface area (Å²) in [5, 5.41) is 7.45. The maximum absolute atomic E-state index is 13.6. The molecule has 0 atom stereocenters. The van der Waals surface area contributed by atoms with Crippen molar-refractivity contribution < 1.29 is 4.79 Å². The molecule has 1 amide bonds. The summed E-state index contributed by atoms with van der Waals surface area (Å²) in [4.78, 5) is 24.2. The van der Waals surface area contributed by atoms with E-state index in [9.17, 15) is 4.79 Å². The maximum Gasteiger partial charge on any atom is 0.254 e. The predicted octanol–water partition coefficient (Wildman–Crippen LogP) is 4.44. The van der Waals surface area contributed by atoms with Gasteiger partial charge in [-0.3, -0.25) is 9.69 Å². The molecule has 4 heterocycles. The number of fused-ring (bicyclic) bond motifs is 1. The van der Waals surface area contributed by atoms with Crippen molar-refractivity contribution in [3.63, 3.8) is 0 Å². The van der Waals surface area contributed by atoms with Gasteiger partial charge < -0.3 is 4.90 Å². The predicted molar refractivity (Wildman–Crippen MR) is 121 cm³/mol. The summed E-state index contributed by atoms with van der Waals surface area (Å²) in [6.45, 7) is 7.74. The number of amides is 1. The zero-order chi connectivity index (χ0) is 20.7. The molecule has 0 radical (unpaired) electrons. The topological polar surface area (TPSA) is 54.3 Å². The second-order valence-corrected chi connectivity index (χ2v) is 9.67. The van der Waals surface area contributed by atoms with E-state index in [1.807, 2.05) is 33.3 Å². The molecule has 2 aliphatic rings. The third-order valence-electron chi connectivity index (χ3n) is 6.50. The van der Waals surface area contributed by atoms with Crippen LogP contribution in [0.15, 0.2) is 29.8 Å². The van der Waals surface area contributed by atoms with Gasteiger partial charge in [0.2, 0.25) is 0 Å². The second-order valence-electron chi connectivity index (χ2n) is 8.72. The van der Waals surface area contributed by atoms with Crippen molar-refractivity contribution in [2.45, 2.75) is 51.6 Å². The lowest BCUT2D eigenvalue weighted by Crippen LogP contribution is -2.51. The van der Waals surface area contributed by atoms with Gasteiger partial charge in [0.05, 0.1) is 27.7 Å². The first-order chi connectivity index (χ1) is 14.6. The molecule has 0 aromatic carbocycles. The van der Waals surface area contributed by atoms with Crippen molar-refractivity contribution >= 4 is 28.3 Å². The van der Waals surface area contributed by atoms with Crippen molar-refractivity contribution in [2.24, 2.45) is 0 Å². The Morgan fingerprint density at radius 1 is 1.17 bits per heavy atom. The molecule has 0 bridgehead atoms. The van der Waals surface area contributed by atoms with E-state index < -0.39 is 0 Å². The van der Waals surface area contributed by atoms with Gasteiger partial charge >= 0.3 is 0 Å². The van der Waals surface area contributed by atoms with E-state index in [0.717, 1.165) is 59.4 Å². The molecule has 0 N–H and O–H groups in total. The van der Waals surface area contributed by atoms with Gasteiger partial charge in [-0.25, -0.2) is 9.67 Å². The third kappa shape index (κ3) is 3.54. The molecule has 0 unspecified atom stereocenters. The van der Waals surface area contributed by atoms with Gasteiger partial charge in [0, 0.05) is 38.3 Å². The highest BCUT2D eigenvalue weighted by atomic mass is 32.1. The second kappa shape index (κ2) is 8.12. The number of nitrogens with zero attached hydrogens (tertiary/aromatic N) is 5. The van der Waals surface area contributed by atoms with Crippen LogP contribution in [-0.2, 0) is 0 Å². The molecule has 7 heteroatoms. The first-order valence-electron chi connectivity index (χ1n) is 11.1. The van der Waals surface area contributed by atoms with Gasteiger partial charge in [-0.05, 0) is 44.2 Å². The lowest BCUT2D eigenvalue weighted by molar-refractivity contribution is 0.0575. The van der Waals surface area contributed by atoms with Crippen LogP contribution in [0.3, 0.4) is 0 Å². The fourth-order valence-corrected chi connectivity index (χ4v) is 5.54. The van der Waals surface area contributed by atoms with Crippen molar-refractivity contribution in [1.29, 1.82) is 0 Å². The number of carbonyl (C=O) groups excluding carboxylic acids is 1. The Balaban J connectivity index is 1.46. The molecule has 1 aliphatic heterocycles. The molecule has 6 nitrogen and oxygen atoms in total. The molecular weight excluding hydrogens is 394 g/mol. The summed E-state index contributed by atoms with van der Waals surface area (Å²) in [5.74, 6) is 0.106. The van der Waals surface area contributed by atoms with Gasteiger partial charge in [-0.2, -0.15) is 5.10 Å². The largest absolute Gasteiger partial charge is 0.336 e. The van der Waals surface area contributed by atoms with Gasteiger partial charge in [-0.1, -0.05) is 18.9 Å². The van der Waals surface area contributed by atoms with Crippen LogP contribution in [0.4, 0.5) is 0 Å². The highest BCUT2D eigenvalue weighted by molar-refractivity contribution is 7.13. The van der Waals surface area contributed by atoms with Crippen LogP contribution in [0.1, 0.15) is 55.9 Å². The molecule has 5 rings (SSSR count). The normalized spacial score (nSPS) is 18.7. The van der Waals surface area contributed by atoms with E-state index in [0.29, 0.717) is 0 Å². The smallest absolute Gasteiger partial charge is 0.254 e. The molecule has 3 aromatic heterocycles. The highest BCUT2D eigenvalue weighted by Crippen LogP contribution is 2.30. The molecule has 0 spiro atoms. The first kappa shape index (κ1) is 19.7. The molecule has 1 saturated carbocycles. The van der Waals surface area contributed by atoms with Gasteiger partial charge in [0.25, 0.3) is 5.91 Å². The lowest BCUT2D eigenvalue weighted by Gasteiger charge is -2.38. The molecule has 158 valence electrons. The number of pyridine rings is 1. The quantitative estimate of drug-likeness (QED) is 0.622. The Kier molecular flexibility index (Phi) is 5.33. The number of aromatic nitrogens is 3. The first-order valence-corrected chi connectivity index (χ1v) is 12.0. The summed E-state index contributed by atoms with van der Waals surface area (Å²) in [5.41, 5.74) is 2.38. The van der Waals surface area contributed by atoms with Gasteiger partial charge in [0.1, 0.15) is 0 Å². The van der Waals surface area contributed by atoms with Crippen molar-refractivity contribution in [2.75, 3.05) is 26.2 Å². The standard InChI is InChI=1S/C23H29N5OS/c1-16(2)28-22-19(15-24-28)18(14-20(25-22)21-8-5-13-30-21)23(29)27-11-9-26(10-12-27)17-6-3-4-7-17/h5,8,13-17H,3-4,6-7,9-12H2,1-2H3. The average Bonchev–Trinajstić information content (AvgIpc) is 3.54. The molecule has 1 aliphatic carbocycles. The number of carbonyl (C=O) groups is 1. The minimum Gasteiger partial charge on any atom is -0.336 e. The maximum atomic E-state index is 13.6. The minimum atomic E-state index is 0.106. The van der Waals surface area contributed by atoms with Crippen LogP contribution in [0.5, 0.6) is 0 Å². The number of thiophene rings is 1. The van der Waals surface area contributed by atoms with E-state index in [2.05, 4.69) is 29.9 Å². The van der Waals surface area contributed by atoms with Crippen LogP contribution in [-0.4, -0.2) is 62.7 Å². The number of rotatable bonds is 4. The Morgan fingerprint density at radius 2 is 1.93 bits per heavy atom. The summed E-state index contributed by atoms with van der Waals surface area (Å²) in [7, 11) is 0. The van der Waals surface area contributed by atoms with Gasteiger partial charge in [0.15, 0.2) is 5.65 Å². The Labute approximate surface area is 181 Å². The Hall–Kier alpha value is -2.25. The highest BCUT2D eigenvalue weighted by Gasteiger charge is 2.29. The van der Waals surface area contributed by atoms with Crippen molar-refractivity contribution in [3.05, 3.63) is 35.3 Å². The summed E-state index contributed by atoms with van der Waals surface area (Å²) < 4.78 is 1.92. The fourth-order valence-electron chi connectivity index (χ4n) is 4.85. The lowest BCUT2D eigenvalue weighted by atomic mass is 10.1. The summed E-state index contributed by atoms with van der Waals surface area (Å²) in [6, 6.07) is 6.96. The number of hydrogen-bond acceptors (Lipinski definition) is 5. The van der Waals surface area contributed by atoms with Crippen LogP contribution in [0, 0.1) is 0 Å². The Bertz CT molecular complexity index is 1030. The van der Waals surface area contributed by atoms with Crippen LogP contribution in [0.25, 0.3) is 21.6 Å². The SMILES string of the molecule is CC(C)n1ncc2c(C(=O)N3CCN(C4CCCC4)CC3)cc(-c3cccs3)nc21. The zero-order valence-electron chi connectivity index (χ0n) is 17.8. The number of hydrogen-bond donors (Lipinski definition) is 0. The molecule has 30 heavy (non-hydrogen) atoms. The monoisotopic (exact) mass is 423 g/mol.